The lowest BCUT2D eigenvalue weighted by atomic mass is 10.1. The van der Waals surface area contributed by atoms with Gasteiger partial charge in [-0.25, -0.2) is 0 Å². The number of rotatable bonds is 5. The van der Waals surface area contributed by atoms with Crippen LogP contribution in [-0.4, -0.2) is 20.1 Å². The van der Waals surface area contributed by atoms with Crippen LogP contribution in [0.2, 0.25) is 0 Å². The number of anilines is 2. The first-order valence-electron chi connectivity index (χ1n) is 5.48. The Hall–Kier alpha value is -1.97. The quantitative estimate of drug-likeness (QED) is 0.769. The van der Waals surface area contributed by atoms with E-state index in [4.69, 9.17) is 4.74 Å². The average molecular weight is 234 g/mol. The van der Waals surface area contributed by atoms with E-state index in [-0.39, 0.29) is 5.91 Å². The maximum Gasteiger partial charge on any atom is 0.247 e. The summed E-state index contributed by atoms with van der Waals surface area (Å²) in [5, 5.41) is 5.85. The lowest BCUT2D eigenvalue weighted by molar-refractivity contribution is -0.111. The number of carbonyl (C=O) groups is 1. The van der Waals surface area contributed by atoms with Gasteiger partial charge in [0.25, 0.3) is 0 Å². The Morgan fingerprint density at radius 2 is 2.24 bits per heavy atom. The number of benzene rings is 1. The van der Waals surface area contributed by atoms with E-state index in [9.17, 15) is 4.79 Å². The standard InChI is InChI=1S/C13H18N2O2/c1-5-9-11(17-4)8-7-10(13(9)14-3)15-12(16)6-2/h6-8,14H,2,5H2,1,3-4H3,(H,15,16). The van der Waals surface area contributed by atoms with Crippen LogP contribution < -0.4 is 15.4 Å². The summed E-state index contributed by atoms with van der Waals surface area (Å²) in [4.78, 5) is 11.3. The lowest BCUT2D eigenvalue weighted by Crippen LogP contribution is -2.11. The molecular weight excluding hydrogens is 216 g/mol. The van der Waals surface area contributed by atoms with Crippen molar-refractivity contribution in [1.29, 1.82) is 0 Å². The third-order valence-corrected chi connectivity index (χ3v) is 2.54. The Balaban J connectivity index is 3.22. The van der Waals surface area contributed by atoms with Gasteiger partial charge in [0.05, 0.1) is 18.5 Å². The SMILES string of the molecule is C=CC(=O)Nc1ccc(OC)c(CC)c1NC. The van der Waals surface area contributed by atoms with Gasteiger partial charge in [-0.15, -0.1) is 0 Å². The predicted octanol–water partition coefficient (Wildman–Crippen LogP) is 2.42. The fourth-order valence-corrected chi connectivity index (χ4v) is 1.74. The minimum absolute atomic E-state index is 0.228. The molecule has 0 aliphatic rings. The molecule has 0 aromatic heterocycles. The van der Waals surface area contributed by atoms with Crippen molar-refractivity contribution in [2.24, 2.45) is 0 Å². The van der Waals surface area contributed by atoms with Crippen LogP contribution in [0.1, 0.15) is 12.5 Å². The normalized spacial score (nSPS) is 9.59. The second kappa shape index (κ2) is 5.94. The lowest BCUT2D eigenvalue weighted by Gasteiger charge is -2.16. The third-order valence-electron chi connectivity index (χ3n) is 2.54. The maximum absolute atomic E-state index is 11.3. The summed E-state index contributed by atoms with van der Waals surface area (Å²) in [5.74, 6) is 0.585. The van der Waals surface area contributed by atoms with E-state index in [2.05, 4.69) is 17.2 Å². The summed E-state index contributed by atoms with van der Waals surface area (Å²) in [5.41, 5.74) is 2.65. The van der Waals surface area contributed by atoms with Gasteiger partial charge in [-0.2, -0.15) is 0 Å². The van der Waals surface area contributed by atoms with Gasteiger partial charge < -0.3 is 15.4 Å². The van der Waals surface area contributed by atoms with Crippen LogP contribution in [0, 0.1) is 0 Å². The van der Waals surface area contributed by atoms with Gasteiger partial charge in [-0.05, 0) is 24.6 Å². The molecule has 17 heavy (non-hydrogen) atoms. The van der Waals surface area contributed by atoms with Crippen molar-refractivity contribution < 1.29 is 9.53 Å². The second-order valence-electron chi connectivity index (χ2n) is 3.47. The highest BCUT2D eigenvalue weighted by atomic mass is 16.5. The van der Waals surface area contributed by atoms with Crippen molar-refractivity contribution in [3.05, 3.63) is 30.4 Å². The number of carbonyl (C=O) groups excluding carboxylic acids is 1. The molecule has 0 saturated heterocycles. The average Bonchev–Trinajstić information content (AvgIpc) is 2.37. The Bertz CT molecular complexity index is 428. The molecule has 0 atom stereocenters. The van der Waals surface area contributed by atoms with E-state index in [1.165, 1.54) is 6.08 Å². The van der Waals surface area contributed by atoms with Gasteiger partial charge >= 0.3 is 0 Å². The van der Waals surface area contributed by atoms with Gasteiger partial charge in [0.1, 0.15) is 5.75 Å². The molecule has 0 bridgehead atoms. The van der Waals surface area contributed by atoms with Crippen molar-refractivity contribution in [2.45, 2.75) is 13.3 Å². The molecule has 2 N–H and O–H groups in total. The fourth-order valence-electron chi connectivity index (χ4n) is 1.74. The zero-order chi connectivity index (χ0) is 12.8. The summed E-state index contributed by atoms with van der Waals surface area (Å²) in [6, 6.07) is 3.66. The molecule has 0 unspecified atom stereocenters. The zero-order valence-corrected chi connectivity index (χ0v) is 10.5. The monoisotopic (exact) mass is 234 g/mol. The van der Waals surface area contributed by atoms with E-state index in [1.807, 2.05) is 26.1 Å². The summed E-state index contributed by atoms with van der Waals surface area (Å²) in [6.45, 7) is 5.47. The van der Waals surface area contributed by atoms with Gasteiger partial charge in [-0.3, -0.25) is 4.79 Å². The van der Waals surface area contributed by atoms with Crippen LogP contribution in [-0.2, 0) is 11.2 Å². The highest BCUT2D eigenvalue weighted by molar-refractivity contribution is 6.01. The molecule has 0 aliphatic heterocycles. The van der Waals surface area contributed by atoms with Crippen LogP contribution in [0.15, 0.2) is 24.8 Å². The predicted molar refractivity (Wildman–Crippen MR) is 70.7 cm³/mol. The minimum Gasteiger partial charge on any atom is -0.496 e. The Morgan fingerprint density at radius 3 is 2.71 bits per heavy atom. The second-order valence-corrected chi connectivity index (χ2v) is 3.47. The highest BCUT2D eigenvalue weighted by Crippen LogP contribution is 2.33. The molecule has 1 aromatic carbocycles. The summed E-state index contributed by atoms with van der Waals surface area (Å²) in [6.07, 6.45) is 2.06. The van der Waals surface area contributed by atoms with Crippen LogP contribution in [0.3, 0.4) is 0 Å². The number of hydrogen-bond donors (Lipinski definition) is 2. The topological polar surface area (TPSA) is 50.4 Å². The summed E-state index contributed by atoms with van der Waals surface area (Å²) in [7, 11) is 3.45. The molecule has 1 aromatic rings. The first-order valence-corrected chi connectivity index (χ1v) is 5.48. The van der Waals surface area contributed by atoms with E-state index in [0.29, 0.717) is 0 Å². The van der Waals surface area contributed by atoms with Crippen molar-refractivity contribution >= 4 is 17.3 Å². The number of amides is 1. The van der Waals surface area contributed by atoms with Crippen molar-refractivity contribution in [2.75, 3.05) is 24.8 Å². The molecule has 0 fully saturated rings. The van der Waals surface area contributed by atoms with Gasteiger partial charge in [-0.1, -0.05) is 13.5 Å². The van der Waals surface area contributed by atoms with Crippen molar-refractivity contribution in [3.63, 3.8) is 0 Å². The molecule has 0 aliphatic carbocycles. The Kier molecular flexibility index (Phi) is 4.57. The first-order chi connectivity index (χ1) is 8.17. The molecule has 92 valence electrons. The number of methoxy groups -OCH3 is 1. The molecule has 4 heteroatoms. The molecule has 0 spiro atoms. The highest BCUT2D eigenvalue weighted by Gasteiger charge is 2.12. The first kappa shape index (κ1) is 13.1. The van der Waals surface area contributed by atoms with E-state index >= 15 is 0 Å². The molecule has 1 amide bonds. The van der Waals surface area contributed by atoms with Crippen LogP contribution in [0.25, 0.3) is 0 Å². The fraction of sp³-hybridized carbons (Fsp3) is 0.308. The van der Waals surface area contributed by atoms with Crippen molar-refractivity contribution in [3.8, 4) is 5.75 Å². The molecule has 0 radical (unpaired) electrons. The van der Waals surface area contributed by atoms with Gasteiger partial charge in [0.2, 0.25) is 5.91 Å². The van der Waals surface area contributed by atoms with Crippen LogP contribution >= 0.6 is 0 Å². The number of hydrogen-bond acceptors (Lipinski definition) is 3. The minimum atomic E-state index is -0.228. The van der Waals surface area contributed by atoms with E-state index in [0.717, 1.165) is 29.1 Å². The van der Waals surface area contributed by atoms with E-state index in [1.54, 1.807) is 7.11 Å². The number of nitrogens with one attached hydrogen (secondary N) is 2. The van der Waals surface area contributed by atoms with E-state index < -0.39 is 0 Å². The summed E-state index contributed by atoms with van der Waals surface area (Å²) < 4.78 is 5.29. The van der Waals surface area contributed by atoms with Crippen LogP contribution in [0.5, 0.6) is 5.75 Å². The molecule has 4 nitrogen and oxygen atoms in total. The zero-order valence-electron chi connectivity index (χ0n) is 10.5. The molecular formula is C13H18N2O2. The van der Waals surface area contributed by atoms with Gasteiger partial charge in [0.15, 0.2) is 0 Å². The van der Waals surface area contributed by atoms with Gasteiger partial charge in [0, 0.05) is 12.6 Å². The molecule has 0 saturated carbocycles. The summed E-state index contributed by atoms with van der Waals surface area (Å²) >= 11 is 0. The van der Waals surface area contributed by atoms with Crippen LogP contribution in [0.4, 0.5) is 11.4 Å². The molecule has 0 heterocycles. The Morgan fingerprint density at radius 1 is 1.53 bits per heavy atom. The number of ether oxygens (including phenoxy) is 1. The maximum atomic E-state index is 11.3. The smallest absolute Gasteiger partial charge is 0.247 e. The Labute approximate surface area is 102 Å². The molecule has 1 rings (SSSR count). The van der Waals surface area contributed by atoms with Crippen molar-refractivity contribution in [1.82, 2.24) is 0 Å². The largest absolute Gasteiger partial charge is 0.496 e. The third kappa shape index (κ3) is 2.78.